The SMILES string of the molecule is CNC(COC(C)COC)C(C)(C)C. The zero-order valence-electron chi connectivity index (χ0n) is 10.4. The topological polar surface area (TPSA) is 30.5 Å². The molecule has 0 aliphatic heterocycles. The van der Waals surface area contributed by atoms with Gasteiger partial charge in [-0.15, -0.1) is 0 Å². The maximum Gasteiger partial charge on any atom is 0.0781 e. The van der Waals surface area contributed by atoms with Crippen molar-refractivity contribution in [2.45, 2.75) is 39.8 Å². The molecule has 0 saturated carbocycles. The summed E-state index contributed by atoms with van der Waals surface area (Å²) in [5.41, 5.74) is 0.224. The van der Waals surface area contributed by atoms with Gasteiger partial charge in [-0.1, -0.05) is 20.8 Å². The van der Waals surface area contributed by atoms with Crippen LogP contribution in [-0.4, -0.2) is 39.5 Å². The Hall–Kier alpha value is -0.120. The number of nitrogens with one attached hydrogen (secondary N) is 1. The van der Waals surface area contributed by atoms with Crippen molar-refractivity contribution in [2.24, 2.45) is 5.41 Å². The molecule has 0 heterocycles. The van der Waals surface area contributed by atoms with Crippen molar-refractivity contribution in [3.05, 3.63) is 0 Å². The summed E-state index contributed by atoms with van der Waals surface area (Å²) in [5, 5.41) is 3.27. The summed E-state index contributed by atoms with van der Waals surface area (Å²) in [5.74, 6) is 0. The first-order valence-corrected chi connectivity index (χ1v) is 5.19. The molecule has 86 valence electrons. The molecule has 0 aliphatic rings. The van der Waals surface area contributed by atoms with Crippen molar-refractivity contribution < 1.29 is 9.47 Å². The average Bonchev–Trinajstić information content (AvgIpc) is 2.03. The molecule has 2 unspecified atom stereocenters. The summed E-state index contributed by atoms with van der Waals surface area (Å²) in [4.78, 5) is 0. The maximum absolute atomic E-state index is 5.67. The van der Waals surface area contributed by atoms with E-state index in [-0.39, 0.29) is 11.5 Å². The summed E-state index contributed by atoms with van der Waals surface area (Å²) in [6.45, 7) is 10.0. The van der Waals surface area contributed by atoms with Crippen LogP contribution in [-0.2, 0) is 9.47 Å². The van der Waals surface area contributed by atoms with Crippen LogP contribution in [0.5, 0.6) is 0 Å². The van der Waals surface area contributed by atoms with Crippen molar-refractivity contribution >= 4 is 0 Å². The van der Waals surface area contributed by atoms with Gasteiger partial charge in [0.05, 0.1) is 19.3 Å². The second kappa shape index (κ2) is 6.38. The molecular formula is C11H25NO2. The highest BCUT2D eigenvalue weighted by molar-refractivity contribution is 4.78. The van der Waals surface area contributed by atoms with Gasteiger partial charge in [0.15, 0.2) is 0 Å². The van der Waals surface area contributed by atoms with E-state index in [9.17, 15) is 0 Å². The highest BCUT2D eigenvalue weighted by atomic mass is 16.5. The van der Waals surface area contributed by atoms with Gasteiger partial charge < -0.3 is 14.8 Å². The lowest BCUT2D eigenvalue weighted by molar-refractivity contribution is -0.0123. The minimum atomic E-state index is 0.165. The smallest absolute Gasteiger partial charge is 0.0781 e. The van der Waals surface area contributed by atoms with Gasteiger partial charge in [0.1, 0.15) is 0 Å². The first-order valence-electron chi connectivity index (χ1n) is 5.19. The quantitative estimate of drug-likeness (QED) is 0.712. The fraction of sp³-hybridized carbons (Fsp3) is 1.00. The molecule has 0 aromatic carbocycles. The summed E-state index contributed by atoms with van der Waals surface area (Å²) in [6.07, 6.45) is 0.165. The van der Waals surface area contributed by atoms with E-state index in [1.165, 1.54) is 0 Å². The lowest BCUT2D eigenvalue weighted by atomic mass is 9.87. The van der Waals surface area contributed by atoms with Crippen LogP contribution >= 0.6 is 0 Å². The van der Waals surface area contributed by atoms with Gasteiger partial charge in [0.25, 0.3) is 0 Å². The summed E-state index contributed by atoms with van der Waals surface area (Å²) >= 11 is 0. The van der Waals surface area contributed by atoms with E-state index in [1.54, 1.807) is 7.11 Å². The number of ether oxygens (including phenoxy) is 2. The summed E-state index contributed by atoms with van der Waals surface area (Å²) in [6, 6.07) is 0.377. The molecular weight excluding hydrogens is 178 g/mol. The fourth-order valence-electron chi connectivity index (χ4n) is 1.31. The minimum absolute atomic E-state index is 0.165. The molecule has 0 spiro atoms. The predicted octanol–water partition coefficient (Wildman–Crippen LogP) is 1.67. The van der Waals surface area contributed by atoms with E-state index in [2.05, 4.69) is 26.1 Å². The number of hydrogen-bond acceptors (Lipinski definition) is 3. The van der Waals surface area contributed by atoms with Gasteiger partial charge in [0, 0.05) is 13.2 Å². The Morgan fingerprint density at radius 1 is 1.21 bits per heavy atom. The molecule has 3 nitrogen and oxygen atoms in total. The summed E-state index contributed by atoms with van der Waals surface area (Å²) < 4.78 is 10.7. The molecule has 0 saturated heterocycles. The zero-order chi connectivity index (χ0) is 11.2. The van der Waals surface area contributed by atoms with Gasteiger partial charge in [-0.2, -0.15) is 0 Å². The van der Waals surface area contributed by atoms with Crippen molar-refractivity contribution in [3.63, 3.8) is 0 Å². The predicted molar refractivity (Wildman–Crippen MR) is 59.6 cm³/mol. The zero-order valence-corrected chi connectivity index (χ0v) is 10.4. The average molecular weight is 203 g/mol. The third-order valence-corrected chi connectivity index (χ3v) is 2.34. The third-order valence-electron chi connectivity index (χ3n) is 2.34. The Kier molecular flexibility index (Phi) is 6.33. The lowest BCUT2D eigenvalue weighted by Gasteiger charge is -2.31. The van der Waals surface area contributed by atoms with Crippen molar-refractivity contribution in [2.75, 3.05) is 27.4 Å². The largest absolute Gasteiger partial charge is 0.382 e. The minimum Gasteiger partial charge on any atom is -0.382 e. The highest BCUT2D eigenvalue weighted by Crippen LogP contribution is 2.19. The van der Waals surface area contributed by atoms with Crippen LogP contribution in [0.15, 0.2) is 0 Å². The Morgan fingerprint density at radius 2 is 1.79 bits per heavy atom. The van der Waals surface area contributed by atoms with Crippen LogP contribution < -0.4 is 5.32 Å². The molecule has 0 bridgehead atoms. The highest BCUT2D eigenvalue weighted by Gasteiger charge is 2.23. The normalized spacial score (nSPS) is 16.7. The molecule has 0 amide bonds. The first kappa shape index (κ1) is 13.9. The lowest BCUT2D eigenvalue weighted by Crippen LogP contribution is -2.42. The van der Waals surface area contributed by atoms with E-state index in [0.29, 0.717) is 12.6 Å². The number of likely N-dealkylation sites (N-methyl/N-ethyl adjacent to an activating group) is 1. The van der Waals surface area contributed by atoms with Crippen LogP contribution in [0, 0.1) is 5.41 Å². The molecule has 0 aromatic rings. The number of methoxy groups -OCH3 is 1. The van der Waals surface area contributed by atoms with Crippen molar-refractivity contribution in [1.29, 1.82) is 0 Å². The molecule has 3 heteroatoms. The van der Waals surface area contributed by atoms with Crippen LogP contribution in [0.1, 0.15) is 27.7 Å². The molecule has 0 rings (SSSR count). The van der Waals surface area contributed by atoms with Gasteiger partial charge in [-0.05, 0) is 19.4 Å². The molecule has 0 aliphatic carbocycles. The van der Waals surface area contributed by atoms with Crippen molar-refractivity contribution in [1.82, 2.24) is 5.32 Å². The van der Waals surface area contributed by atoms with Crippen LogP contribution in [0.2, 0.25) is 0 Å². The Labute approximate surface area is 88.2 Å². The number of rotatable bonds is 6. The molecule has 0 aromatic heterocycles. The fourth-order valence-corrected chi connectivity index (χ4v) is 1.31. The molecule has 14 heavy (non-hydrogen) atoms. The van der Waals surface area contributed by atoms with E-state index >= 15 is 0 Å². The monoisotopic (exact) mass is 203 g/mol. The molecule has 2 atom stereocenters. The Balaban J connectivity index is 3.84. The van der Waals surface area contributed by atoms with E-state index in [0.717, 1.165) is 6.61 Å². The van der Waals surface area contributed by atoms with E-state index in [1.807, 2.05) is 14.0 Å². The van der Waals surface area contributed by atoms with Crippen LogP contribution in [0.25, 0.3) is 0 Å². The molecule has 0 radical (unpaired) electrons. The number of hydrogen-bond donors (Lipinski definition) is 1. The van der Waals surface area contributed by atoms with Crippen molar-refractivity contribution in [3.8, 4) is 0 Å². The third kappa shape index (κ3) is 5.58. The van der Waals surface area contributed by atoms with E-state index < -0.39 is 0 Å². The second-order valence-electron chi connectivity index (χ2n) is 4.81. The van der Waals surface area contributed by atoms with Crippen LogP contribution in [0.4, 0.5) is 0 Å². The van der Waals surface area contributed by atoms with Gasteiger partial charge in [-0.25, -0.2) is 0 Å². The van der Waals surface area contributed by atoms with Gasteiger partial charge in [-0.3, -0.25) is 0 Å². The standard InChI is InChI=1S/C11H25NO2/c1-9(7-13-6)14-8-10(12-5)11(2,3)4/h9-10,12H,7-8H2,1-6H3. The maximum atomic E-state index is 5.67. The first-order chi connectivity index (χ1) is 6.41. The second-order valence-corrected chi connectivity index (χ2v) is 4.81. The van der Waals surface area contributed by atoms with E-state index in [4.69, 9.17) is 9.47 Å². The van der Waals surface area contributed by atoms with Crippen LogP contribution in [0.3, 0.4) is 0 Å². The van der Waals surface area contributed by atoms with Gasteiger partial charge >= 0.3 is 0 Å². The Morgan fingerprint density at radius 3 is 2.14 bits per heavy atom. The van der Waals surface area contributed by atoms with Gasteiger partial charge in [0.2, 0.25) is 0 Å². The summed E-state index contributed by atoms with van der Waals surface area (Å²) in [7, 11) is 3.67. The molecule has 1 N–H and O–H groups in total. The molecule has 0 fully saturated rings. The Bertz CT molecular complexity index is 143.